The maximum absolute atomic E-state index is 11.9. The molecular formula is C23H37ClO. The summed E-state index contributed by atoms with van der Waals surface area (Å²) in [6.45, 7) is 2.27. The normalized spacial score (nSPS) is 11.0. The van der Waals surface area contributed by atoms with E-state index in [-0.39, 0.29) is 0 Å². The van der Waals surface area contributed by atoms with Gasteiger partial charge < -0.3 is 0 Å². The molecule has 0 aromatic heterocycles. The van der Waals surface area contributed by atoms with Crippen molar-refractivity contribution in [2.24, 2.45) is 0 Å². The Morgan fingerprint density at radius 2 is 1.20 bits per heavy atom. The maximum Gasteiger partial charge on any atom is 0.133 e. The Kier molecular flexibility index (Phi) is 13.7. The summed E-state index contributed by atoms with van der Waals surface area (Å²) in [7, 11) is 0. The molecule has 1 aromatic carbocycles. The molecule has 0 saturated carbocycles. The van der Waals surface area contributed by atoms with E-state index >= 15 is 0 Å². The Morgan fingerprint density at radius 3 is 1.72 bits per heavy atom. The van der Waals surface area contributed by atoms with Gasteiger partial charge in [-0.1, -0.05) is 101 Å². The lowest BCUT2D eigenvalue weighted by atomic mass is 10.0. The molecule has 0 spiro atoms. The lowest BCUT2D eigenvalue weighted by molar-refractivity contribution is -0.119. The Morgan fingerprint density at radius 1 is 0.720 bits per heavy atom. The summed E-state index contributed by atoms with van der Waals surface area (Å²) in [4.78, 5) is 11.9. The van der Waals surface area contributed by atoms with Gasteiger partial charge in [-0.3, -0.25) is 4.79 Å². The van der Waals surface area contributed by atoms with Crippen molar-refractivity contribution in [2.45, 2.75) is 103 Å². The summed E-state index contributed by atoms with van der Waals surface area (Å²) < 4.78 is 0. The first kappa shape index (κ1) is 22.2. The topological polar surface area (TPSA) is 17.1 Å². The van der Waals surface area contributed by atoms with Crippen molar-refractivity contribution in [1.82, 2.24) is 0 Å². The summed E-state index contributed by atoms with van der Waals surface area (Å²) >= 11 is 5.87. The highest BCUT2D eigenvalue weighted by Gasteiger charge is 2.03. The number of unbranched alkanes of at least 4 members (excludes halogenated alkanes) is 11. The van der Waals surface area contributed by atoms with Gasteiger partial charge in [0.25, 0.3) is 0 Å². The molecule has 2 heteroatoms. The molecule has 1 aromatic rings. The molecule has 0 aliphatic heterocycles. The average Bonchev–Trinajstić information content (AvgIpc) is 2.62. The molecule has 1 nitrogen and oxygen atoms in total. The predicted octanol–water partition coefficient (Wildman–Crippen LogP) is 7.93. The average molecular weight is 365 g/mol. The van der Waals surface area contributed by atoms with E-state index in [0.29, 0.717) is 12.2 Å². The number of hydrogen-bond acceptors (Lipinski definition) is 1. The zero-order valence-corrected chi connectivity index (χ0v) is 17.0. The number of benzene rings is 1. The number of carbonyl (C=O) groups is 1. The number of halogens is 1. The zero-order chi connectivity index (χ0) is 18.2. The molecule has 0 radical (unpaired) electrons. The van der Waals surface area contributed by atoms with Crippen molar-refractivity contribution in [2.75, 3.05) is 0 Å². The van der Waals surface area contributed by atoms with Crippen LogP contribution in [0.15, 0.2) is 24.3 Å². The second-order valence-electron chi connectivity index (χ2n) is 7.30. The quantitative estimate of drug-likeness (QED) is 0.272. The second-order valence-corrected chi connectivity index (χ2v) is 7.74. The third kappa shape index (κ3) is 13.1. The van der Waals surface area contributed by atoms with E-state index in [0.717, 1.165) is 24.3 Å². The fourth-order valence-electron chi connectivity index (χ4n) is 3.22. The van der Waals surface area contributed by atoms with Gasteiger partial charge in [-0.05, 0) is 30.5 Å². The number of carbonyl (C=O) groups excluding carboxylic acids is 1. The van der Waals surface area contributed by atoms with E-state index in [1.165, 1.54) is 76.2 Å². The summed E-state index contributed by atoms with van der Waals surface area (Å²) in [6.07, 6.45) is 18.4. The van der Waals surface area contributed by atoms with Crippen LogP contribution in [0, 0.1) is 0 Å². The van der Waals surface area contributed by atoms with Crippen LogP contribution in [0.1, 0.15) is 102 Å². The fourth-order valence-corrected chi connectivity index (χ4v) is 3.35. The van der Waals surface area contributed by atoms with E-state index in [1.54, 1.807) is 0 Å². The van der Waals surface area contributed by atoms with Gasteiger partial charge in [-0.2, -0.15) is 0 Å². The minimum absolute atomic E-state index is 0.405. The van der Waals surface area contributed by atoms with Crippen molar-refractivity contribution in [1.29, 1.82) is 0 Å². The van der Waals surface area contributed by atoms with Crippen molar-refractivity contribution in [3.05, 3.63) is 34.9 Å². The summed E-state index contributed by atoms with van der Waals surface area (Å²) in [5.74, 6) is 0.405. The van der Waals surface area contributed by atoms with Crippen LogP contribution >= 0.6 is 11.6 Å². The predicted molar refractivity (Wildman–Crippen MR) is 110 cm³/mol. The van der Waals surface area contributed by atoms with Gasteiger partial charge in [-0.25, -0.2) is 0 Å². The molecule has 0 atom stereocenters. The number of ketones is 1. The molecular weight excluding hydrogens is 328 g/mol. The Bertz CT molecular complexity index is 438. The van der Waals surface area contributed by atoms with Gasteiger partial charge in [0.15, 0.2) is 0 Å². The second kappa shape index (κ2) is 15.4. The smallest absolute Gasteiger partial charge is 0.133 e. The van der Waals surface area contributed by atoms with E-state index in [9.17, 15) is 4.79 Å². The molecule has 0 unspecified atom stereocenters. The molecule has 142 valence electrons. The van der Waals surface area contributed by atoms with E-state index < -0.39 is 0 Å². The van der Waals surface area contributed by atoms with Crippen molar-refractivity contribution in [3.8, 4) is 0 Å². The van der Waals surface area contributed by atoms with E-state index in [4.69, 9.17) is 11.6 Å². The first-order valence-corrected chi connectivity index (χ1v) is 10.9. The third-order valence-electron chi connectivity index (χ3n) is 4.91. The number of aryl methyl sites for hydroxylation is 1. The van der Waals surface area contributed by atoms with Gasteiger partial charge in [0.2, 0.25) is 0 Å². The third-order valence-corrected chi connectivity index (χ3v) is 5.17. The molecule has 0 fully saturated rings. The molecule has 0 aliphatic carbocycles. The monoisotopic (exact) mass is 364 g/mol. The van der Waals surface area contributed by atoms with Gasteiger partial charge in [0, 0.05) is 17.9 Å². The van der Waals surface area contributed by atoms with E-state index in [1.807, 2.05) is 24.3 Å². The molecule has 0 aliphatic rings. The lowest BCUT2D eigenvalue weighted by Crippen LogP contribution is -2.00. The SMILES string of the molecule is CCCCCCCCCCCCCCC(=O)CCc1ccc(Cl)cc1. The van der Waals surface area contributed by atoms with Crippen molar-refractivity contribution < 1.29 is 4.79 Å². The van der Waals surface area contributed by atoms with Gasteiger partial charge in [-0.15, -0.1) is 0 Å². The Labute approximate surface area is 160 Å². The first-order chi connectivity index (χ1) is 12.2. The summed E-state index contributed by atoms with van der Waals surface area (Å²) in [5, 5.41) is 0.756. The molecule has 0 amide bonds. The molecule has 0 heterocycles. The van der Waals surface area contributed by atoms with E-state index in [2.05, 4.69) is 6.92 Å². The maximum atomic E-state index is 11.9. The summed E-state index contributed by atoms with van der Waals surface area (Å²) in [5.41, 5.74) is 1.20. The highest BCUT2D eigenvalue weighted by atomic mass is 35.5. The van der Waals surface area contributed by atoms with Crippen LogP contribution in [-0.4, -0.2) is 5.78 Å². The van der Waals surface area contributed by atoms with Crippen LogP contribution in [0.5, 0.6) is 0 Å². The van der Waals surface area contributed by atoms with Crippen LogP contribution in [0.4, 0.5) is 0 Å². The minimum atomic E-state index is 0.405. The van der Waals surface area contributed by atoms with Crippen LogP contribution in [0.2, 0.25) is 5.02 Å². The highest BCUT2D eigenvalue weighted by molar-refractivity contribution is 6.30. The fraction of sp³-hybridized carbons (Fsp3) is 0.696. The number of rotatable bonds is 16. The largest absolute Gasteiger partial charge is 0.300 e. The Balaban J connectivity index is 1.86. The van der Waals surface area contributed by atoms with Crippen molar-refractivity contribution >= 4 is 17.4 Å². The van der Waals surface area contributed by atoms with Gasteiger partial charge >= 0.3 is 0 Å². The number of hydrogen-bond donors (Lipinski definition) is 0. The zero-order valence-electron chi connectivity index (χ0n) is 16.2. The van der Waals surface area contributed by atoms with Gasteiger partial charge in [0.1, 0.15) is 5.78 Å². The minimum Gasteiger partial charge on any atom is -0.300 e. The van der Waals surface area contributed by atoms with Crippen LogP contribution in [0.25, 0.3) is 0 Å². The molecule has 0 N–H and O–H groups in total. The highest BCUT2D eigenvalue weighted by Crippen LogP contribution is 2.14. The van der Waals surface area contributed by atoms with Gasteiger partial charge in [0.05, 0.1) is 0 Å². The molecule has 25 heavy (non-hydrogen) atoms. The Hall–Kier alpha value is -0.820. The van der Waals surface area contributed by atoms with Crippen LogP contribution in [0.3, 0.4) is 0 Å². The molecule has 1 rings (SSSR count). The summed E-state index contributed by atoms with van der Waals surface area (Å²) in [6, 6.07) is 7.82. The standard InChI is InChI=1S/C23H37ClO/c1-2-3-4-5-6-7-8-9-10-11-12-13-14-23(25)20-17-21-15-18-22(24)19-16-21/h15-16,18-19H,2-14,17,20H2,1H3. The van der Waals surface area contributed by atoms with Crippen LogP contribution < -0.4 is 0 Å². The lowest BCUT2D eigenvalue weighted by Gasteiger charge is -2.04. The van der Waals surface area contributed by atoms with Crippen molar-refractivity contribution in [3.63, 3.8) is 0 Å². The molecule has 0 saturated heterocycles. The number of Topliss-reactive ketones (excluding diaryl/α,β-unsaturated/α-hetero) is 1. The first-order valence-electron chi connectivity index (χ1n) is 10.5. The van der Waals surface area contributed by atoms with Crippen LogP contribution in [-0.2, 0) is 11.2 Å². The molecule has 0 bridgehead atoms.